The van der Waals surface area contributed by atoms with Crippen LogP contribution in [-0.2, 0) is 0 Å². The average Bonchev–Trinajstić information content (AvgIpc) is 1.68. The molecule has 0 aromatic carbocycles. The Balaban J connectivity index is 3.06. The summed E-state index contributed by atoms with van der Waals surface area (Å²) in [5.74, 6) is 0. The molecule has 0 nitrogen and oxygen atoms in total. The van der Waals surface area contributed by atoms with Gasteiger partial charge in [-0.15, -0.1) is 0 Å². The Bertz CT molecular complexity index is 62.9. The van der Waals surface area contributed by atoms with Gasteiger partial charge in [0, 0.05) is 0 Å². The molecule has 2 heteroatoms. The van der Waals surface area contributed by atoms with Crippen molar-refractivity contribution in [1.82, 2.24) is 0 Å². The van der Waals surface area contributed by atoms with Gasteiger partial charge in [-0.3, -0.25) is 0 Å². The van der Waals surface area contributed by atoms with Crippen molar-refractivity contribution in [3.8, 4) is 0 Å². The normalized spacial score (nSPS) is 9.25. The van der Waals surface area contributed by atoms with E-state index in [1.165, 1.54) is 21.7 Å². The third-order valence-corrected chi connectivity index (χ3v) is 9.83. The molecule has 0 amide bonds. The Morgan fingerprint density at radius 3 is 1.75 bits per heavy atom. The fourth-order valence-electron chi connectivity index (χ4n) is 0.683. The molecule has 0 aromatic heterocycles. The van der Waals surface area contributed by atoms with Crippen LogP contribution in [0.2, 0.25) is 8.87 Å². The molecule has 0 unspecified atom stereocenters. The van der Waals surface area contributed by atoms with Crippen molar-refractivity contribution in [2.24, 2.45) is 0 Å². The summed E-state index contributed by atoms with van der Waals surface area (Å²) in [5.41, 5.74) is 0. The predicted molar refractivity (Wildman–Crippen MR) is 43.5 cm³/mol. The average molecular weight is 237 g/mol. The van der Waals surface area contributed by atoms with Crippen LogP contribution in [0.1, 0.15) is 26.7 Å². The molecule has 0 bridgehead atoms. The molecule has 48 valence electrons. The SMILES string of the molecule is CC[CH2][Sn](=[S])[CH2]CC. The maximum absolute atomic E-state index is 5.33. The first-order valence-corrected chi connectivity index (χ1v) is 11.3. The van der Waals surface area contributed by atoms with Crippen LogP contribution in [0.25, 0.3) is 0 Å². The molecule has 0 fully saturated rings. The van der Waals surface area contributed by atoms with Gasteiger partial charge in [-0.05, 0) is 0 Å². The fourth-order valence-corrected chi connectivity index (χ4v) is 7.32. The minimum absolute atomic E-state index is 1.10. The fraction of sp³-hybridized carbons (Fsp3) is 1.00. The van der Waals surface area contributed by atoms with Crippen LogP contribution in [0, 0.1) is 0 Å². The molecule has 0 aliphatic heterocycles. The van der Waals surface area contributed by atoms with Crippen LogP contribution in [-0.4, -0.2) is 17.8 Å². The zero-order chi connectivity index (χ0) is 6.41. The molecule has 0 aromatic rings. The summed E-state index contributed by atoms with van der Waals surface area (Å²) in [7, 11) is 5.33. The van der Waals surface area contributed by atoms with E-state index in [0.29, 0.717) is 0 Å². The van der Waals surface area contributed by atoms with E-state index >= 15 is 0 Å². The van der Waals surface area contributed by atoms with Gasteiger partial charge in [-0.25, -0.2) is 0 Å². The zero-order valence-electron chi connectivity index (χ0n) is 5.74. The summed E-state index contributed by atoms with van der Waals surface area (Å²) in [5, 5.41) is 0. The monoisotopic (exact) mass is 238 g/mol. The maximum atomic E-state index is 5.33. The quantitative estimate of drug-likeness (QED) is 0.677. The van der Waals surface area contributed by atoms with Crippen molar-refractivity contribution in [2.45, 2.75) is 35.6 Å². The van der Waals surface area contributed by atoms with Crippen LogP contribution in [0.4, 0.5) is 0 Å². The van der Waals surface area contributed by atoms with Crippen LogP contribution in [0.5, 0.6) is 0 Å². The first-order valence-electron chi connectivity index (χ1n) is 3.33. The van der Waals surface area contributed by atoms with E-state index in [1.54, 1.807) is 0 Å². The summed E-state index contributed by atoms with van der Waals surface area (Å²) < 4.78 is 2.84. The first kappa shape index (κ1) is 9.02. The third-order valence-electron chi connectivity index (χ3n) is 1.06. The van der Waals surface area contributed by atoms with Gasteiger partial charge in [-0.2, -0.15) is 0 Å². The molecular weight excluding hydrogens is 223 g/mol. The molecule has 0 heterocycles. The molecule has 0 saturated carbocycles. The van der Waals surface area contributed by atoms with E-state index in [1.807, 2.05) is 0 Å². The summed E-state index contributed by atoms with van der Waals surface area (Å²) in [6, 6.07) is 0. The van der Waals surface area contributed by atoms with Gasteiger partial charge in [0.25, 0.3) is 0 Å². The van der Waals surface area contributed by atoms with Crippen LogP contribution >= 0.6 is 9.29 Å². The first-order chi connectivity index (χ1) is 3.81. The Morgan fingerprint density at radius 2 is 1.50 bits per heavy atom. The van der Waals surface area contributed by atoms with Gasteiger partial charge in [0.2, 0.25) is 0 Å². The molecule has 0 rings (SSSR count). The summed E-state index contributed by atoms with van der Waals surface area (Å²) in [4.78, 5) is 0. The number of hydrogen-bond acceptors (Lipinski definition) is 1. The molecule has 0 aliphatic carbocycles. The minimum atomic E-state index is -1.10. The summed E-state index contributed by atoms with van der Waals surface area (Å²) >= 11 is -1.10. The topological polar surface area (TPSA) is 0 Å². The van der Waals surface area contributed by atoms with Crippen molar-refractivity contribution < 1.29 is 0 Å². The third kappa shape index (κ3) is 5.16. The van der Waals surface area contributed by atoms with Crippen molar-refractivity contribution in [2.75, 3.05) is 0 Å². The molecule has 0 saturated heterocycles. The van der Waals surface area contributed by atoms with Crippen molar-refractivity contribution in [1.29, 1.82) is 0 Å². The second kappa shape index (κ2) is 6.14. The molecule has 0 N–H and O–H groups in total. The second-order valence-corrected chi connectivity index (χ2v) is 11.8. The van der Waals surface area contributed by atoms with Crippen molar-refractivity contribution >= 4 is 27.1 Å². The van der Waals surface area contributed by atoms with E-state index in [2.05, 4.69) is 13.8 Å². The van der Waals surface area contributed by atoms with Gasteiger partial charge in [-0.1, -0.05) is 0 Å². The standard InChI is InChI=1S/2C3H7.S.Sn/c2*1-3-2;;/h2*1,3H2,2H3;;. The molecule has 0 aliphatic rings. The second-order valence-electron chi connectivity index (χ2n) is 2.04. The van der Waals surface area contributed by atoms with Gasteiger partial charge in [0.05, 0.1) is 0 Å². The van der Waals surface area contributed by atoms with Crippen LogP contribution in [0.3, 0.4) is 0 Å². The Morgan fingerprint density at radius 1 is 1.12 bits per heavy atom. The van der Waals surface area contributed by atoms with Crippen LogP contribution < -0.4 is 0 Å². The predicted octanol–water partition coefficient (Wildman–Crippen LogP) is 3.00. The van der Waals surface area contributed by atoms with Gasteiger partial charge in [0.15, 0.2) is 0 Å². The molecule has 0 radical (unpaired) electrons. The van der Waals surface area contributed by atoms with Gasteiger partial charge in [0.1, 0.15) is 0 Å². The molecular formula is C6H14SSn. The van der Waals surface area contributed by atoms with Crippen molar-refractivity contribution in [3.63, 3.8) is 0 Å². The van der Waals surface area contributed by atoms with Crippen molar-refractivity contribution in [3.05, 3.63) is 0 Å². The van der Waals surface area contributed by atoms with Gasteiger partial charge >= 0.3 is 62.7 Å². The molecule has 0 atom stereocenters. The van der Waals surface area contributed by atoms with E-state index < -0.39 is 17.8 Å². The van der Waals surface area contributed by atoms with Crippen LogP contribution in [0.15, 0.2) is 0 Å². The summed E-state index contributed by atoms with van der Waals surface area (Å²) in [6.45, 7) is 4.48. The van der Waals surface area contributed by atoms with Gasteiger partial charge < -0.3 is 0 Å². The number of rotatable bonds is 4. The zero-order valence-corrected chi connectivity index (χ0v) is 9.41. The number of hydrogen-bond donors (Lipinski definition) is 0. The molecule has 8 heavy (non-hydrogen) atoms. The Hall–Kier alpha value is 1.02. The van der Waals surface area contributed by atoms with E-state index in [4.69, 9.17) is 9.29 Å². The molecule has 0 spiro atoms. The van der Waals surface area contributed by atoms with E-state index in [9.17, 15) is 0 Å². The van der Waals surface area contributed by atoms with E-state index in [-0.39, 0.29) is 0 Å². The van der Waals surface area contributed by atoms with E-state index in [0.717, 1.165) is 0 Å². The summed E-state index contributed by atoms with van der Waals surface area (Å²) in [6.07, 6.45) is 2.66. The Labute approximate surface area is 62.6 Å². The Kier molecular flexibility index (Phi) is 6.93.